The van der Waals surface area contributed by atoms with Gasteiger partial charge in [-0.05, 0) is 64.8 Å². The van der Waals surface area contributed by atoms with Gasteiger partial charge in [-0.25, -0.2) is 0 Å². The molecule has 2 amide bonds. The van der Waals surface area contributed by atoms with E-state index in [2.05, 4.69) is 27.9 Å². The van der Waals surface area contributed by atoms with E-state index in [0.29, 0.717) is 19.5 Å². The highest BCUT2D eigenvalue weighted by Crippen LogP contribution is 2.20. The summed E-state index contributed by atoms with van der Waals surface area (Å²) in [7, 11) is 0. The van der Waals surface area contributed by atoms with Crippen LogP contribution in [-0.2, 0) is 22.6 Å². The lowest BCUT2D eigenvalue weighted by Crippen LogP contribution is -2.51. The van der Waals surface area contributed by atoms with Crippen LogP contribution in [0.4, 0.5) is 0 Å². The molecule has 1 aliphatic rings. The topological polar surface area (TPSA) is 89.9 Å². The Labute approximate surface area is 177 Å². The van der Waals surface area contributed by atoms with E-state index in [9.17, 15) is 19.8 Å². The molecular weight excluding hydrogens is 471 g/mol. The highest BCUT2D eigenvalue weighted by atomic mass is 127. The van der Waals surface area contributed by atoms with E-state index in [4.69, 9.17) is 0 Å². The Morgan fingerprint density at radius 2 is 1.68 bits per heavy atom. The molecule has 28 heavy (non-hydrogen) atoms. The summed E-state index contributed by atoms with van der Waals surface area (Å²) >= 11 is 2.19. The van der Waals surface area contributed by atoms with Crippen molar-refractivity contribution in [3.8, 4) is 0 Å². The fraction of sp³-hybridized carbons (Fsp3) is 0.333. The molecule has 3 rings (SSSR count). The largest absolute Gasteiger partial charge is 0.380 e. The van der Waals surface area contributed by atoms with Crippen LogP contribution in [0.2, 0.25) is 0 Å². The molecule has 7 heteroatoms. The van der Waals surface area contributed by atoms with Crippen LogP contribution in [0.5, 0.6) is 0 Å². The number of aliphatic hydroxyl groups excluding tert-OH is 2. The quantitative estimate of drug-likeness (QED) is 0.553. The number of rotatable bonds is 5. The first-order chi connectivity index (χ1) is 13.4. The summed E-state index contributed by atoms with van der Waals surface area (Å²) < 4.78 is 1.07. The van der Waals surface area contributed by atoms with Gasteiger partial charge < -0.3 is 20.4 Å². The van der Waals surface area contributed by atoms with Crippen molar-refractivity contribution < 1.29 is 19.8 Å². The highest BCUT2D eigenvalue weighted by Gasteiger charge is 2.35. The molecule has 2 aromatic carbocycles. The maximum atomic E-state index is 12.6. The smallest absolute Gasteiger partial charge is 0.255 e. The van der Waals surface area contributed by atoms with Crippen LogP contribution in [-0.4, -0.2) is 45.7 Å². The van der Waals surface area contributed by atoms with Gasteiger partial charge in [0.05, 0.1) is 6.04 Å². The third kappa shape index (κ3) is 4.71. The fourth-order valence-electron chi connectivity index (χ4n) is 3.28. The van der Waals surface area contributed by atoms with E-state index in [1.807, 2.05) is 48.5 Å². The number of amides is 2. The van der Waals surface area contributed by atoms with Gasteiger partial charge in [-0.15, -0.1) is 0 Å². The van der Waals surface area contributed by atoms with E-state index in [-0.39, 0.29) is 6.04 Å². The van der Waals surface area contributed by atoms with Crippen molar-refractivity contribution in [1.82, 2.24) is 10.2 Å². The van der Waals surface area contributed by atoms with Gasteiger partial charge in [0, 0.05) is 16.7 Å². The third-order valence-electron chi connectivity index (χ3n) is 4.99. The second-order valence-electron chi connectivity index (χ2n) is 6.95. The molecule has 148 valence electrons. The van der Waals surface area contributed by atoms with Crippen LogP contribution in [0, 0.1) is 3.57 Å². The van der Waals surface area contributed by atoms with Gasteiger partial charge in [0.25, 0.3) is 11.8 Å². The lowest BCUT2D eigenvalue weighted by Gasteiger charge is -2.31. The summed E-state index contributed by atoms with van der Waals surface area (Å²) in [6.07, 6.45) is -2.94. The second kappa shape index (κ2) is 9.02. The predicted octanol–water partition coefficient (Wildman–Crippen LogP) is 1.78. The normalized spacial score (nSPS) is 16.6. The Morgan fingerprint density at radius 3 is 2.36 bits per heavy atom. The van der Waals surface area contributed by atoms with Gasteiger partial charge in [-0.3, -0.25) is 9.59 Å². The number of hydrogen-bond donors (Lipinski definition) is 3. The van der Waals surface area contributed by atoms with E-state index >= 15 is 0 Å². The summed E-state index contributed by atoms with van der Waals surface area (Å²) in [5.41, 5.74) is 3.06. The van der Waals surface area contributed by atoms with E-state index in [0.717, 1.165) is 14.7 Å². The highest BCUT2D eigenvalue weighted by molar-refractivity contribution is 14.1. The van der Waals surface area contributed by atoms with E-state index in [1.54, 1.807) is 6.92 Å². The Morgan fingerprint density at radius 1 is 1.04 bits per heavy atom. The zero-order valence-corrected chi connectivity index (χ0v) is 17.7. The molecule has 0 aliphatic carbocycles. The molecule has 6 nitrogen and oxygen atoms in total. The van der Waals surface area contributed by atoms with Crippen LogP contribution in [0.25, 0.3) is 0 Å². The van der Waals surface area contributed by atoms with Crippen LogP contribution in [0.3, 0.4) is 0 Å². The first-order valence-corrected chi connectivity index (χ1v) is 10.2. The molecule has 0 saturated heterocycles. The van der Waals surface area contributed by atoms with Crippen molar-refractivity contribution >= 4 is 34.4 Å². The lowest BCUT2D eigenvalue weighted by atomic mass is 9.99. The SMILES string of the molecule is C[C@@H](NC(=O)C(O)C(O)C(=O)N1CCc2ccccc2C1)c1ccc(I)cc1. The Kier molecular flexibility index (Phi) is 6.69. The van der Waals surface area contributed by atoms with Gasteiger partial charge in [0.1, 0.15) is 0 Å². The van der Waals surface area contributed by atoms with Crippen LogP contribution in [0.1, 0.15) is 29.7 Å². The van der Waals surface area contributed by atoms with Gasteiger partial charge >= 0.3 is 0 Å². The number of carbonyl (C=O) groups excluding carboxylic acids is 2. The molecule has 0 aromatic heterocycles. The molecule has 0 saturated carbocycles. The van der Waals surface area contributed by atoms with E-state index < -0.39 is 24.0 Å². The summed E-state index contributed by atoms with van der Waals surface area (Å²) in [4.78, 5) is 26.4. The average Bonchev–Trinajstić information content (AvgIpc) is 2.72. The van der Waals surface area contributed by atoms with Gasteiger partial charge in [0.2, 0.25) is 0 Å². The minimum atomic E-state index is -1.82. The number of benzene rings is 2. The molecule has 3 N–H and O–H groups in total. The third-order valence-corrected chi connectivity index (χ3v) is 5.71. The van der Waals surface area contributed by atoms with Gasteiger partial charge in [-0.2, -0.15) is 0 Å². The zero-order chi connectivity index (χ0) is 20.3. The Hall–Kier alpha value is -1.97. The monoisotopic (exact) mass is 494 g/mol. The maximum Gasteiger partial charge on any atom is 0.255 e. The molecule has 0 radical (unpaired) electrons. The number of halogens is 1. The van der Waals surface area contributed by atoms with Crippen molar-refractivity contribution in [3.63, 3.8) is 0 Å². The molecule has 2 aromatic rings. The molecule has 3 atom stereocenters. The van der Waals surface area contributed by atoms with Crippen LogP contribution < -0.4 is 5.32 Å². The number of nitrogens with one attached hydrogen (secondary N) is 1. The van der Waals surface area contributed by atoms with Gasteiger partial charge in [0.15, 0.2) is 12.2 Å². The van der Waals surface area contributed by atoms with Crippen LogP contribution in [0.15, 0.2) is 48.5 Å². The van der Waals surface area contributed by atoms with Crippen molar-refractivity contribution in [2.24, 2.45) is 0 Å². The fourth-order valence-corrected chi connectivity index (χ4v) is 3.64. The summed E-state index contributed by atoms with van der Waals surface area (Å²) in [6, 6.07) is 15.0. The van der Waals surface area contributed by atoms with Crippen molar-refractivity contribution in [1.29, 1.82) is 0 Å². The lowest BCUT2D eigenvalue weighted by molar-refractivity contribution is -0.154. The first kappa shape index (κ1) is 20.8. The minimum absolute atomic E-state index is 0.358. The minimum Gasteiger partial charge on any atom is -0.380 e. The van der Waals surface area contributed by atoms with Crippen molar-refractivity contribution in [3.05, 3.63) is 68.8 Å². The maximum absolute atomic E-state index is 12.6. The van der Waals surface area contributed by atoms with Gasteiger partial charge in [-0.1, -0.05) is 36.4 Å². The number of carbonyl (C=O) groups is 2. The van der Waals surface area contributed by atoms with Crippen molar-refractivity contribution in [2.45, 2.75) is 38.1 Å². The van der Waals surface area contributed by atoms with E-state index in [1.165, 1.54) is 10.5 Å². The van der Waals surface area contributed by atoms with Crippen LogP contribution >= 0.6 is 22.6 Å². The molecule has 1 aliphatic heterocycles. The second-order valence-corrected chi connectivity index (χ2v) is 8.20. The standard InChI is InChI=1S/C21H23IN2O4/c1-13(14-6-8-17(22)9-7-14)23-20(27)18(25)19(26)21(28)24-11-10-15-4-2-3-5-16(15)12-24/h2-9,13,18-19,25-26H,10-12H2,1H3,(H,23,27)/t13-,18?,19?/m1/s1. The molecule has 0 fully saturated rings. The Bertz CT molecular complexity index is 856. The Balaban J connectivity index is 1.60. The predicted molar refractivity (Wildman–Crippen MR) is 113 cm³/mol. The summed E-state index contributed by atoms with van der Waals surface area (Å²) in [5, 5.41) is 23.1. The van der Waals surface area contributed by atoms with Crippen molar-refractivity contribution in [2.75, 3.05) is 6.54 Å². The number of aliphatic hydroxyl groups is 2. The average molecular weight is 494 g/mol. The molecule has 0 bridgehead atoms. The number of fused-ring (bicyclic) bond motifs is 1. The molecule has 2 unspecified atom stereocenters. The molecule has 1 heterocycles. The number of nitrogens with zero attached hydrogens (tertiary/aromatic N) is 1. The number of hydrogen-bond acceptors (Lipinski definition) is 4. The molecule has 0 spiro atoms. The zero-order valence-electron chi connectivity index (χ0n) is 15.5. The molecular formula is C21H23IN2O4. The summed E-state index contributed by atoms with van der Waals surface area (Å²) in [6.45, 7) is 2.59. The first-order valence-electron chi connectivity index (χ1n) is 9.14. The summed E-state index contributed by atoms with van der Waals surface area (Å²) in [5.74, 6) is -1.41.